The van der Waals surface area contributed by atoms with Crippen LogP contribution in [-0.4, -0.2) is 33.2 Å². The second-order valence-electron chi connectivity index (χ2n) is 6.73. The lowest BCUT2D eigenvalue weighted by molar-refractivity contribution is -0.127. The Balaban J connectivity index is 1.81. The van der Waals surface area contributed by atoms with Crippen LogP contribution in [0.5, 0.6) is 0 Å². The van der Waals surface area contributed by atoms with Crippen LogP contribution in [0.15, 0.2) is 65.1 Å². The van der Waals surface area contributed by atoms with Gasteiger partial charge in [0.15, 0.2) is 5.16 Å². The Bertz CT molecular complexity index is 1130. The van der Waals surface area contributed by atoms with E-state index in [1.54, 1.807) is 36.2 Å². The highest BCUT2D eigenvalue weighted by Crippen LogP contribution is 2.21. The maximum atomic E-state index is 12.8. The molecule has 0 spiro atoms. The van der Waals surface area contributed by atoms with E-state index < -0.39 is 0 Å². The minimum atomic E-state index is -0.171. The number of amides is 1. The number of benzene rings is 2. The average molecular weight is 428 g/mol. The van der Waals surface area contributed by atoms with Gasteiger partial charge in [0, 0.05) is 25.2 Å². The first kappa shape index (κ1) is 21.1. The number of aromatic nitrogens is 2. The van der Waals surface area contributed by atoms with Crippen molar-refractivity contribution in [1.82, 2.24) is 14.5 Å². The SMILES string of the molecule is C=CCn1c(SCC(=O)N(C)Cc2ccccc2C)nc2cc(Cl)ccc2c1=O. The van der Waals surface area contributed by atoms with Crippen molar-refractivity contribution in [3.8, 4) is 0 Å². The number of carbonyl (C=O) groups is 1. The zero-order chi connectivity index (χ0) is 21.0. The van der Waals surface area contributed by atoms with Crippen molar-refractivity contribution in [2.24, 2.45) is 0 Å². The summed E-state index contributed by atoms with van der Waals surface area (Å²) in [5.74, 6) is 0.141. The molecule has 0 atom stereocenters. The zero-order valence-electron chi connectivity index (χ0n) is 16.4. The Morgan fingerprint density at radius 2 is 2.07 bits per heavy atom. The highest BCUT2D eigenvalue weighted by molar-refractivity contribution is 7.99. The number of hydrogen-bond donors (Lipinski definition) is 0. The molecule has 0 aliphatic rings. The molecule has 0 fully saturated rings. The molecule has 0 saturated heterocycles. The molecule has 0 bridgehead atoms. The molecule has 3 rings (SSSR count). The monoisotopic (exact) mass is 427 g/mol. The van der Waals surface area contributed by atoms with Crippen molar-refractivity contribution in [1.29, 1.82) is 0 Å². The third-order valence-corrected chi connectivity index (χ3v) is 5.81. The van der Waals surface area contributed by atoms with Gasteiger partial charge in [-0.15, -0.1) is 6.58 Å². The van der Waals surface area contributed by atoms with E-state index in [4.69, 9.17) is 11.6 Å². The van der Waals surface area contributed by atoms with Crippen LogP contribution in [-0.2, 0) is 17.9 Å². The summed E-state index contributed by atoms with van der Waals surface area (Å²) in [7, 11) is 1.78. The van der Waals surface area contributed by atoms with E-state index in [1.807, 2.05) is 31.2 Å². The molecule has 1 amide bonds. The van der Waals surface area contributed by atoms with E-state index in [-0.39, 0.29) is 17.2 Å². The van der Waals surface area contributed by atoms with Crippen LogP contribution in [0.1, 0.15) is 11.1 Å². The summed E-state index contributed by atoms with van der Waals surface area (Å²) in [6.45, 7) is 6.60. The fraction of sp³-hybridized carbons (Fsp3) is 0.227. The normalized spacial score (nSPS) is 10.9. The quantitative estimate of drug-likeness (QED) is 0.320. The average Bonchev–Trinajstić information content (AvgIpc) is 2.70. The first-order valence-corrected chi connectivity index (χ1v) is 10.5. The van der Waals surface area contributed by atoms with Crippen LogP contribution in [0.25, 0.3) is 10.9 Å². The number of allylic oxidation sites excluding steroid dienone is 1. The summed E-state index contributed by atoms with van der Waals surface area (Å²) in [4.78, 5) is 31.7. The molecule has 5 nitrogen and oxygen atoms in total. The van der Waals surface area contributed by atoms with Crippen molar-refractivity contribution < 1.29 is 4.79 Å². The lowest BCUT2D eigenvalue weighted by Gasteiger charge is -2.19. The van der Waals surface area contributed by atoms with E-state index >= 15 is 0 Å². The molecular formula is C22H22ClN3O2S. The standard InChI is InChI=1S/C22H22ClN3O2S/c1-4-11-26-21(28)18-10-9-17(23)12-19(18)24-22(26)29-14-20(27)25(3)13-16-8-6-5-7-15(16)2/h4-10,12H,1,11,13-14H2,2-3H3. The Hall–Kier alpha value is -2.57. The fourth-order valence-corrected chi connectivity index (χ4v) is 4.06. The van der Waals surface area contributed by atoms with Crippen molar-refractivity contribution in [2.75, 3.05) is 12.8 Å². The molecule has 0 unspecified atom stereocenters. The lowest BCUT2D eigenvalue weighted by Crippen LogP contribution is -2.29. The zero-order valence-corrected chi connectivity index (χ0v) is 18.0. The first-order chi connectivity index (χ1) is 13.9. The predicted octanol–water partition coefficient (Wildman–Crippen LogP) is 4.30. The summed E-state index contributed by atoms with van der Waals surface area (Å²) in [6.07, 6.45) is 1.64. The van der Waals surface area contributed by atoms with Crippen molar-refractivity contribution >= 4 is 40.2 Å². The largest absolute Gasteiger partial charge is 0.341 e. The Morgan fingerprint density at radius 1 is 1.31 bits per heavy atom. The van der Waals surface area contributed by atoms with Gasteiger partial charge in [-0.3, -0.25) is 14.2 Å². The maximum Gasteiger partial charge on any atom is 0.262 e. The molecule has 0 radical (unpaired) electrons. The van der Waals surface area contributed by atoms with Gasteiger partial charge in [-0.05, 0) is 36.2 Å². The number of thioether (sulfide) groups is 1. The number of nitrogens with zero attached hydrogens (tertiary/aromatic N) is 3. The van der Waals surface area contributed by atoms with Crippen molar-refractivity contribution in [3.05, 3.63) is 81.6 Å². The maximum absolute atomic E-state index is 12.8. The third-order valence-electron chi connectivity index (χ3n) is 4.61. The summed E-state index contributed by atoms with van der Waals surface area (Å²) < 4.78 is 1.53. The van der Waals surface area contributed by atoms with Gasteiger partial charge in [-0.2, -0.15) is 0 Å². The van der Waals surface area contributed by atoms with E-state index in [0.29, 0.717) is 34.2 Å². The number of halogens is 1. The van der Waals surface area contributed by atoms with Gasteiger partial charge in [0.25, 0.3) is 5.56 Å². The summed E-state index contributed by atoms with van der Waals surface area (Å²) in [5.41, 5.74) is 2.60. The van der Waals surface area contributed by atoms with Crippen LogP contribution in [0.2, 0.25) is 5.02 Å². The predicted molar refractivity (Wildman–Crippen MR) is 120 cm³/mol. The van der Waals surface area contributed by atoms with E-state index in [0.717, 1.165) is 11.1 Å². The number of carbonyl (C=O) groups excluding carboxylic acids is 1. The first-order valence-electron chi connectivity index (χ1n) is 9.13. The molecule has 0 saturated carbocycles. The molecule has 7 heteroatoms. The molecular weight excluding hydrogens is 406 g/mol. The Kier molecular flexibility index (Phi) is 6.77. The number of aryl methyl sites for hydroxylation is 1. The summed E-state index contributed by atoms with van der Waals surface area (Å²) in [5, 5.41) is 1.47. The minimum absolute atomic E-state index is 0.0381. The molecule has 3 aromatic rings. The van der Waals surface area contributed by atoms with E-state index in [2.05, 4.69) is 11.6 Å². The van der Waals surface area contributed by atoms with Gasteiger partial charge in [0.2, 0.25) is 5.91 Å². The number of rotatable bonds is 7. The van der Waals surface area contributed by atoms with Crippen LogP contribution < -0.4 is 5.56 Å². The Morgan fingerprint density at radius 3 is 2.79 bits per heavy atom. The third kappa shape index (κ3) is 4.89. The van der Waals surface area contributed by atoms with Gasteiger partial charge in [-0.25, -0.2) is 4.98 Å². The second-order valence-corrected chi connectivity index (χ2v) is 8.10. The van der Waals surface area contributed by atoms with E-state index in [1.165, 1.54) is 16.3 Å². The lowest BCUT2D eigenvalue weighted by atomic mass is 10.1. The number of hydrogen-bond acceptors (Lipinski definition) is 4. The smallest absolute Gasteiger partial charge is 0.262 e. The van der Waals surface area contributed by atoms with Crippen LogP contribution in [0, 0.1) is 6.92 Å². The van der Waals surface area contributed by atoms with E-state index in [9.17, 15) is 9.59 Å². The molecule has 1 heterocycles. The molecule has 2 aromatic carbocycles. The van der Waals surface area contributed by atoms with Crippen LogP contribution in [0.4, 0.5) is 0 Å². The van der Waals surface area contributed by atoms with Gasteiger partial charge < -0.3 is 4.90 Å². The molecule has 0 aliphatic carbocycles. The van der Waals surface area contributed by atoms with Gasteiger partial charge in [0.05, 0.1) is 16.7 Å². The molecule has 1 aromatic heterocycles. The van der Waals surface area contributed by atoms with Gasteiger partial charge in [-0.1, -0.05) is 53.7 Å². The van der Waals surface area contributed by atoms with Crippen LogP contribution >= 0.6 is 23.4 Å². The van der Waals surface area contributed by atoms with Gasteiger partial charge in [0.1, 0.15) is 0 Å². The van der Waals surface area contributed by atoms with Crippen molar-refractivity contribution in [3.63, 3.8) is 0 Å². The molecule has 0 N–H and O–H groups in total. The topological polar surface area (TPSA) is 55.2 Å². The highest BCUT2D eigenvalue weighted by atomic mass is 35.5. The summed E-state index contributed by atoms with van der Waals surface area (Å²) >= 11 is 7.29. The molecule has 0 aliphatic heterocycles. The van der Waals surface area contributed by atoms with Crippen LogP contribution in [0.3, 0.4) is 0 Å². The fourth-order valence-electron chi connectivity index (χ4n) is 2.94. The minimum Gasteiger partial charge on any atom is -0.341 e. The highest BCUT2D eigenvalue weighted by Gasteiger charge is 2.15. The molecule has 29 heavy (non-hydrogen) atoms. The second kappa shape index (κ2) is 9.29. The van der Waals surface area contributed by atoms with Gasteiger partial charge >= 0.3 is 0 Å². The molecule has 150 valence electrons. The van der Waals surface area contributed by atoms with Crippen molar-refractivity contribution in [2.45, 2.75) is 25.2 Å². The number of fused-ring (bicyclic) bond motifs is 1. The summed E-state index contributed by atoms with van der Waals surface area (Å²) in [6, 6.07) is 13.0. The Labute approximate surface area is 179 Å².